The smallest absolute Gasteiger partial charge is 0.343 e. The molecule has 176 valence electrons. The summed E-state index contributed by atoms with van der Waals surface area (Å²) < 4.78 is 38.9. The highest BCUT2D eigenvalue weighted by Gasteiger charge is 2.47. The molecule has 1 aliphatic carbocycles. The van der Waals surface area contributed by atoms with E-state index in [0.717, 1.165) is 24.0 Å². The Bertz CT molecular complexity index is 1200. The van der Waals surface area contributed by atoms with Gasteiger partial charge in [0.1, 0.15) is 11.3 Å². The molecule has 0 N–H and O–H groups in total. The van der Waals surface area contributed by atoms with Crippen molar-refractivity contribution in [1.82, 2.24) is 4.68 Å². The molecule has 2 fully saturated rings. The van der Waals surface area contributed by atoms with Gasteiger partial charge in [-0.15, -0.1) is 0 Å². The largest absolute Gasteiger partial charge is 0.492 e. The van der Waals surface area contributed by atoms with Crippen LogP contribution in [0.25, 0.3) is 11.3 Å². The number of methoxy groups -OCH3 is 1. The molecule has 5 rings (SSSR count). The van der Waals surface area contributed by atoms with Gasteiger partial charge < -0.3 is 9.47 Å². The van der Waals surface area contributed by atoms with E-state index in [1.165, 1.54) is 13.2 Å². The van der Waals surface area contributed by atoms with Gasteiger partial charge >= 0.3 is 5.97 Å². The van der Waals surface area contributed by atoms with Crippen LogP contribution >= 0.6 is 11.6 Å². The van der Waals surface area contributed by atoms with Crippen molar-refractivity contribution in [2.75, 3.05) is 18.7 Å². The van der Waals surface area contributed by atoms with E-state index in [1.807, 2.05) is 10.7 Å². The average molecular weight is 479 g/mol. The van der Waals surface area contributed by atoms with Crippen molar-refractivity contribution in [2.45, 2.75) is 57.0 Å². The minimum Gasteiger partial charge on any atom is -0.492 e. The molecule has 9 heteroatoms. The maximum atomic E-state index is 13.2. The zero-order valence-corrected chi connectivity index (χ0v) is 19.4. The first kappa shape index (κ1) is 22.2. The molecule has 2 aliphatic heterocycles. The van der Waals surface area contributed by atoms with Crippen LogP contribution < -0.4 is 15.2 Å². The van der Waals surface area contributed by atoms with Gasteiger partial charge in [0, 0.05) is 36.6 Å². The number of ether oxygens (including phenoxy) is 2. The normalized spacial score (nSPS) is 22.1. The summed E-state index contributed by atoms with van der Waals surface area (Å²) in [6, 6.07) is 5.04. The quantitative estimate of drug-likeness (QED) is 0.582. The van der Waals surface area contributed by atoms with Crippen LogP contribution in [0.4, 0.5) is 8.78 Å². The lowest BCUT2D eigenvalue weighted by molar-refractivity contribution is -0.119. The Kier molecular flexibility index (Phi) is 5.01. The molecule has 0 spiro atoms. The summed E-state index contributed by atoms with van der Waals surface area (Å²) in [4.78, 5) is 24.9. The van der Waals surface area contributed by atoms with E-state index in [2.05, 4.69) is 18.9 Å². The summed E-state index contributed by atoms with van der Waals surface area (Å²) in [5.41, 5.74) is 1.67. The molecule has 3 heterocycles. The fourth-order valence-electron chi connectivity index (χ4n) is 5.33. The monoisotopic (exact) mass is 478 g/mol. The fourth-order valence-corrected chi connectivity index (χ4v) is 5.55. The molecule has 1 saturated heterocycles. The van der Waals surface area contributed by atoms with Crippen LogP contribution in [-0.4, -0.2) is 35.8 Å². The third kappa shape index (κ3) is 3.59. The number of benzene rings is 1. The van der Waals surface area contributed by atoms with Crippen LogP contribution in [0.2, 0.25) is 5.02 Å². The van der Waals surface area contributed by atoms with E-state index in [0.29, 0.717) is 16.5 Å². The second kappa shape index (κ2) is 7.45. The second-order valence-corrected chi connectivity index (χ2v) is 10.2. The van der Waals surface area contributed by atoms with Crippen molar-refractivity contribution < 1.29 is 23.0 Å². The highest BCUT2D eigenvalue weighted by molar-refractivity contribution is 6.32. The Morgan fingerprint density at radius 1 is 1.24 bits per heavy atom. The number of nitrogens with zero attached hydrogens (tertiary/aromatic N) is 2. The summed E-state index contributed by atoms with van der Waals surface area (Å²) in [7, 11) is 1.25. The van der Waals surface area contributed by atoms with Gasteiger partial charge in [-0.1, -0.05) is 11.6 Å². The molecular weight excluding hydrogens is 454 g/mol. The third-order valence-electron chi connectivity index (χ3n) is 7.00. The lowest BCUT2D eigenvalue weighted by Crippen LogP contribution is -2.50. The number of esters is 1. The van der Waals surface area contributed by atoms with Crippen molar-refractivity contribution in [3.05, 3.63) is 50.8 Å². The SMILES string of the molecule is COC(=O)c1cn2c(cc1=O)-c1cc(Cl)c(OCC3CC(F)(F)C3)cc1[C@H]1CCC(C)(C)N12. The number of carbonyl (C=O) groups is 1. The molecule has 1 saturated carbocycles. The van der Waals surface area contributed by atoms with Gasteiger partial charge in [-0.25, -0.2) is 13.6 Å². The van der Waals surface area contributed by atoms with E-state index < -0.39 is 17.3 Å². The third-order valence-corrected chi connectivity index (χ3v) is 7.30. The summed E-state index contributed by atoms with van der Waals surface area (Å²) in [5, 5.41) is 2.52. The molecular formula is C24H25ClF2N2O4. The first-order valence-corrected chi connectivity index (χ1v) is 11.4. The average Bonchev–Trinajstić information content (AvgIpc) is 3.05. The van der Waals surface area contributed by atoms with Crippen molar-refractivity contribution in [2.24, 2.45) is 5.92 Å². The van der Waals surface area contributed by atoms with Gasteiger partial charge in [0.05, 0.1) is 36.0 Å². The summed E-state index contributed by atoms with van der Waals surface area (Å²) in [6.45, 7) is 4.41. The minimum atomic E-state index is -2.59. The molecule has 2 aromatic rings. The van der Waals surface area contributed by atoms with Gasteiger partial charge in [0.25, 0.3) is 0 Å². The first-order chi connectivity index (χ1) is 15.5. The predicted octanol–water partition coefficient (Wildman–Crippen LogP) is 4.94. The number of pyridine rings is 1. The number of carbonyl (C=O) groups excluding carboxylic acids is 1. The summed E-state index contributed by atoms with van der Waals surface area (Å²) in [6.07, 6.45) is 2.96. The van der Waals surface area contributed by atoms with Gasteiger partial charge in [0.15, 0.2) is 5.43 Å². The van der Waals surface area contributed by atoms with Gasteiger partial charge in [-0.05, 0) is 44.4 Å². The highest BCUT2D eigenvalue weighted by Crippen LogP contribution is 2.50. The van der Waals surface area contributed by atoms with Crippen LogP contribution in [0, 0.1) is 5.92 Å². The van der Waals surface area contributed by atoms with Crippen LogP contribution in [0.15, 0.2) is 29.2 Å². The number of aromatic nitrogens is 1. The molecule has 1 aromatic heterocycles. The molecule has 0 unspecified atom stereocenters. The Hall–Kier alpha value is -2.61. The number of halogens is 3. The van der Waals surface area contributed by atoms with Crippen LogP contribution in [0.5, 0.6) is 5.75 Å². The predicted molar refractivity (Wildman–Crippen MR) is 120 cm³/mol. The number of rotatable bonds is 4. The molecule has 1 atom stereocenters. The van der Waals surface area contributed by atoms with E-state index >= 15 is 0 Å². The number of hydrogen-bond acceptors (Lipinski definition) is 5. The lowest BCUT2D eigenvalue weighted by atomic mass is 9.82. The van der Waals surface area contributed by atoms with Crippen molar-refractivity contribution in [3.63, 3.8) is 0 Å². The topological polar surface area (TPSA) is 60.8 Å². The van der Waals surface area contributed by atoms with Crippen LogP contribution in [0.1, 0.15) is 61.5 Å². The van der Waals surface area contributed by atoms with Crippen molar-refractivity contribution in [3.8, 4) is 17.0 Å². The van der Waals surface area contributed by atoms with E-state index in [1.54, 1.807) is 12.3 Å². The van der Waals surface area contributed by atoms with E-state index in [-0.39, 0.29) is 42.5 Å². The Balaban J connectivity index is 1.58. The molecule has 33 heavy (non-hydrogen) atoms. The van der Waals surface area contributed by atoms with Crippen molar-refractivity contribution in [1.29, 1.82) is 0 Å². The first-order valence-electron chi connectivity index (χ1n) is 11.0. The molecule has 1 aromatic carbocycles. The summed E-state index contributed by atoms with van der Waals surface area (Å²) in [5.74, 6) is -3.01. The number of fused-ring (bicyclic) bond motifs is 6. The standard InChI is InChI=1S/C24H25ClF2N2O4/c1-23(2)5-4-18-15-7-21(33-12-13-9-24(26,27)10-13)17(25)6-14(15)19-8-20(30)16(22(31)32-3)11-28(19)29(18)23/h6-8,11,13,18H,4-5,9-10,12H2,1-3H3/t18-/m1/s1. The Morgan fingerprint density at radius 3 is 2.64 bits per heavy atom. The minimum absolute atomic E-state index is 0.0249. The second-order valence-electron chi connectivity index (χ2n) is 9.80. The van der Waals surface area contributed by atoms with Crippen LogP contribution in [-0.2, 0) is 4.74 Å². The fraction of sp³-hybridized carbons (Fsp3) is 0.500. The molecule has 0 radical (unpaired) electrons. The maximum absolute atomic E-state index is 13.2. The molecule has 6 nitrogen and oxygen atoms in total. The molecule has 3 aliphatic rings. The van der Waals surface area contributed by atoms with E-state index in [4.69, 9.17) is 21.1 Å². The Labute approximate surface area is 195 Å². The maximum Gasteiger partial charge on any atom is 0.343 e. The van der Waals surface area contributed by atoms with Gasteiger partial charge in [0.2, 0.25) is 5.92 Å². The molecule has 0 amide bonds. The van der Waals surface area contributed by atoms with Gasteiger partial charge in [-0.3, -0.25) is 14.5 Å². The Morgan fingerprint density at radius 2 is 1.97 bits per heavy atom. The van der Waals surface area contributed by atoms with Crippen molar-refractivity contribution >= 4 is 17.6 Å². The van der Waals surface area contributed by atoms with Gasteiger partial charge in [-0.2, -0.15) is 0 Å². The van der Waals surface area contributed by atoms with Crippen LogP contribution in [0.3, 0.4) is 0 Å². The lowest BCUT2D eigenvalue weighted by Gasteiger charge is -2.44. The highest BCUT2D eigenvalue weighted by atomic mass is 35.5. The number of alkyl halides is 2. The summed E-state index contributed by atoms with van der Waals surface area (Å²) >= 11 is 6.52. The molecule has 0 bridgehead atoms. The van der Waals surface area contributed by atoms with E-state index in [9.17, 15) is 18.4 Å². The zero-order valence-electron chi connectivity index (χ0n) is 18.7. The number of hydrogen-bond donors (Lipinski definition) is 0. The zero-order chi connectivity index (χ0) is 23.7.